The molecule has 1 aromatic rings. The number of guanidine groups is 1. The van der Waals surface area contributed by atoms with Crippen molar-refractivity contribution in [3.8, 4) is 11.5 Å². The predicted octanol–water partition coefficient (Wildman–Crippen LogP) is 1.49. The van der Waals surface area contributed by atoms with Crippen molar-refractivity contribution in [3.63, 3.8) is 0 Å². The molecular weight excluding hydrogens is 483 g/mol. The zero-order valence-electron chi connectivity index (χ0n) is 16.2. The first-order valence-corrected chi connectivity index (χ1v) is 10.4. The van der Waals surface area contributed by atoms with Gasteiger partial charge in [0.2, 0.25) is 10.0 Å². The molecule has 8 nitrogen and oxygen atoms in total. The number of benzene rings is 1. The van der Waals surface area contributed by atoms with Crippen LogP contribution in [0.2, 0.25) is 0 Å². The quantitative estimate of drug-likeness (QED) is 0.179. The number of hydrogen-bond donors (Lipinski definition) is 3. The van der Waals surface area contributed by atoms with Crippen molar-refractivity contribution in [1.29, 1.82) is 0 Å². The maximum atomic E-state index is 11.0. The lowest BCUT2D eigenvalue weighted by molar-refractivity contribution is 0.310. The zero-order chi connectivity index (χ0) is 19.4. The molecule has 0 spiro atoms. The molecule has 0 saturated heterocycles. The van der Waals surface area contributed by atoms with Crippen molar-refractivity contribution in [1.82, 2.24) is 10.6 Å². The van der Waals surface area contributed by atoms with Crippen LogP contribution in [-0.4, -0.2) is 53.5 Å². The van der Waals surface area contributed by atoms with E-state index in [1.54, 1.807) is 7.11 Å². The van der Waals surface area contributed by atoms with Crippen LogP contribution in [0.15, 0.2) is 23.2 Å². The maximum Gasteiger partial charge on any atom is 0.210 e. The molecule has 0 atom stereocenters. The van der Waals surface area contributed by atoms with Gasteiger partial charge in [0.05, 0.1) is 19.5 Å². The summed E-state index contributed by atoms with van der Waals surface area (Å²) in [7, 11) is -1.86. The number of methoxy groups -OCH3 is 1. The number of aliphatic imine (C=N–C) groups is 1. The minimum atomic E-state index is -3.48. The van der Waals surface area contributed by atoms with Gasteiger partial charge in [-0.3, -0.25) is 4.99 Å². The van der Waals surface area contributed by atoms with Crippen LogP contribution >= 0.6 is 24.0 Å². The largest absolute Gasteiger partial charge is 0.493 e. The lowest BCUT2D eigenvalue weighted by Gasteiger charge is -2.12. The highest BCUT2D eigenvalue weighted by Crippen LogP contribution is 2.28. The Morgan fingerprint density at radius 1 is 1.22 bits per heavy atom. The van der Waals surface area contributed by atoms with E-state index in [-0.39, 0.29) is 36.3 Å². The molecule has 0 bridgehead atoms. The molecule has 0 aliphatic rings. The molecule has 0 aliphatic heterocycles. The number of ether oxygens (including phenoxy) is 2. The lowest BCUT2D eigenvalue weighted by atomic mass is 10.1. The first-order chi connectivity index (χ1) is 12.4. The number of hydrogen-bond acceptors (Lipinski definition) is 5. The van der Waals surface area contributed by atoms with Crippen LogP contribution in [0.5, 0.6) is 11.5 Å². The number of halogens is 1. The highest BCUT2D eigenvalue weighted by atomic mass is 127. The Bertz CT molecular complexity index is 684. The fourth-order valence-corrected chi connectivity index (χ4v) is 2.66. The Balaban J connectivity index is 0.00000676. The van der Waals surface area contributed by atoms with Crippen molar-refractivity contribution < 1.29 is 17.9 Å². The molecule has 0 aromatic heterocycles. The number of rotatable bonds is 11. The maximum absolute atomic E-state index is 11.0. The van der Waals surface area contributed by atoms with E-state index in [2.05, 4.69) is 15.6 Å². The van der Waals surface area contributed by atoms with Crippen LogP contribution in [0.3, 0.4) is 0 Å². The molecule has 0 fully saturated rings. The van der Waals surface area contributed by atoms with Gasteiger partial charge in [0.1, 0.15) is 0 Å². The Morgan fingerprint density at radius 3 is 2.56 bits per heavy atom. The second-order valence-electron chi connectivity index (χ2n) is 5.58. The van der Waals surface area contributed by atoms with Crippen molar-refractivity contribution in [2.75, 3.05) is 39.1 Å². The molecule has 0 amide bonds. The number of aryl methyl sites for hydroxylation is 1. The van der Waals surface area contributed by atoms with E-state index in [1.807, 2.05) is 32.0 Å². The van der Waals surface area contributed by atoms with E-state index >= 15 is 0 Å². The Hall–Kier alpha value is -1.27. The summed E-state index contributed by atoms with van der Waals surface area (Å²) >= 11 is 0. The number of nitrogens with one attached hydrogen (secondary N) is 2. The van der Waals surface area contributed by atoms with Gasteiger partial charge in [-0.25, -0.2) is 13.6 Å². The van der Waals surface area contributed by atoms with Gasteiger partial charge in [0.25, 0.3) is 0 Å². The zero-order valence-corrected chi connectivity index (χ0v) is 19.3. The van der Waals surface area contributed by atoms with Gasteiger partial charge in [-0.2, -0.15) is 0 Å². The Labute approximate surface area is 179 Å². The van der Waals surface area contributed by atoms with Crippen LogP contribution in [-0.2, 0) is 16.4 Å². The van der Waals surface area contributed by atoms with Gasteiger partial charge in [-0.1, -0.05) is 6.07 Å². The van der Waals surface area contributed by atoms with Crippen LogP contribution in [0, 0.1) is 0 Å². The highest BCUT2D eigenvalue weighted by Gasteiger charge is 2.06. The summed E-state index contributed by atoms with van der Waals surface area (Å²) in [4.78, 5) is 4.44. The van der Waals surface area contributed by atoms with Crippen molar-refractivity contribution >= 4 is 40.0 Å². The van der Waals surface area contributed by atoms with Crippen molar-refractivity contribution in [2.24, 2.45) is 10.1 Å². The van der Waals surface area contributed by atoms with Crippen LogP contribution in [0.1, 0.15) is 25.8 Å². The predicted molar refractivity (Wildman–Crippen MR) is 120 cm³/mol. The highest BCUT2D eigenvalue weighted by molar-refractivity contribution is 14.0. The molecule has 10 heteroatoms. The molecule has 0 radical (unpaired) electrons. The average molecular weight is 514 g/mol. The summed E-state index contributed by atoms with van der Waals surface area (Å²) < 4.78 is 32.8. The summed E-state index contributed by atoms with van der Waals surface area (Å²) in [6.45, 7) is 5.99. The van der Waals surface area contributed by atoms with Gasteiger partial charge in [0, 0.05) is 19.6 Å². The summed E-state index contributed by atoms with van der Waals surface area (Å²) in [6.07, 6.45) is 1.70. The van der Waals surface area contributed by atoms with E-state index in [9.17, 15) is 8.42 Å². The van der Waals surface area contributed by atoms with Crippen LogP contribution < -0.4 is 25.2 Å². The van der Waals surface area contributed by atoms with E-state index in [0.29, 0.717) is 25.7 Å². The molecule has 0 heterocycles. The number of sulfonamides is 1. The molecular formula is C17H31IN4O4S. The molecule has 0 aliphatic carbocycles. The summed E-state index contributed by atoms with van der Waals surface area (Å²) in [5, 5.41) is 11.0. The van der Waals surface area contributed by atoms with Gasteiger partial charge < -0.3 is 20.1 Å². The first-order valence-electron chi connectivity index (χ1n) is 8.72. The number of nitrogens with two attached hydrogens (primary N) is 1. The minimum absolute atomic E-state index is 0. The molecule has 1 aromatic carbocycles. The van der Waals surface area contributed by atoms with E-state index in [0.717, 1.165) is 29.9 Å². The van der Waals surface area contributed by atoms with Gasteiger partial charge in [0.15, 0.2) is 17.5 Å². The topological polar surface area (TPSA) is 115 Å². The second-order valence-corrected chi connectivity index (χ2v) is 7.31. The SMILES string of the molecule is CCNC(=NCCCc1ccc(OC)c(OCC)c1)NCCS(N)(=O)=O.I. The monoisotopic (exact) mass is 514 g/mol. The standard InChI is InChI=1S/C17H30N4O4S.HI/c1-4-19-17(21-11-12-26(18,22)23)20-10-6-7-14-8-9-15(24-3)16(13-14)25-5-2;/h8-9,13H,4-7,10-12H2,1-3H3,(H2,18,22,23)(H2,19,20,21);1H. The third kappa shape index (κ3) is 11.2. The molecule has 0 saturated carbocycles. The van der Waals surface area contributed by atoms with Crippen molar-refractivity contribution in [3.05, 3.63) is 23.8 Å². The van der Waals surface area contributed by atoms with Crippen LogP contribution in [0.25, 0.3) is 0 Å². The van der Waals surface area contributed by atoms with Crippen molar-refractivity contribution in [2.45, 2.75) is 26.7 Å². The molecule has 4 N–H and O–H groups in total. The molecule has 0 unspecified atom stereocenters. The van der Waals surface area contributed by atoms with Gasteiger partial charge >= 0.3 is 0 Å². The minimum Gasteiger partial charge on any atom is -0.493 e. The molecule has 1 rings (SSSR count). The van der Waals surface area contributed by atoms with E-state index < -0.39 is 10.0 Å². The average Bonchev–Trinajstić information content (AvgIpc) is 2.58. The summed E-state index contributed by atoms with van der Waals surface area (Å²) in [5.74, 6) is 1.92. The molecule has 156 valence electrons. The lowest BCUT2D eigenvalue weighted by Crippen LogP contribution is -2.40. The number of nitrogens with zero attached hydrogens (tertiary/aromatic N) is 1. The number of primary sulfonamides is 1. The summed E-state index contributed by atoms with van der Waals surface area (Å²) in [6, 6.07) is 5.91. The fraction of sp³-hybridized carbons (Fsp3) is 0.588. The Kier molecular flexibility index (Phi) is 13.2. The van der Waals surface area contributed by atoms with Gasteiger partial charge in [-0.05, 0) is 44.4 Å². The Morgan fingerprint density at radius 2 is 1.96 bits per heavy atom. The molecule has 27 heavy (non-hydrogen) atoms. The third-order valence-electron chi connectivity index (χ3n) is 3.44. The van der Waals surface area contributed by atoms with E-state index in [1.165, 1.54) is 0 Å². The fourth-order valence-electron chi connectivity index (χ4n) is 2.27. The van der Waals surface area contributed by atoms with Gasteiger partial charge in [-0.15, -0.1) is 24.0 Å². The smallest absolute Gasteiger partial charge is 0.210 e. The summed E-state index contributed by atoms with van der Waals surface area (Å²) in [5.41, 5.74) is 1.15. The first kappa shape index (κ1) is 25.7. The third-order valence-corrected chi connectivity index (χ3v) is 4.22. The van der Waals surface area contributed by atoms with E-state index in [4.69, 9.17) is 14.6 Å². The van der Waals surface area contributed by atoms with Crippen LogP contribution in [0.4, 0.5) is 0 Å². The normalized spacial score (nSPS) is 11.5. The second kappa shape index (κ2) is 13.8.